The van der Waals surface area contributed by atoms with Gasteiger partial charge in [0.25, 0.3) is 5.91 Å². The van der Waals surface area contributed by atoms with Gasteiger partial charge in [-0.2, -0.15) is 0 Å². The Balaban J connectivity index is 1.86. The highest BCUT2D eigenvalue weighted by molar-refractivity contribution is 7.92. The lowest BCUT2D eigenvalue weighted by molar-refractivity contribution is -0.127. The molecule has 2 atom stereocenters. The van der Waals surface area contributed by atoms with Crippen LogP contribution in [-0.4, -0.2) is 53.0 Å². The number of nitrogens with one attached hydrogen (secondary N) is 1. The van der Waals surface area contributed by atoms with E-state index in [4.69, 9.17) is 9.47 Å². The largest absolute Gasteiger partial charge is 0.481 e. The average Bonchev–Trinajstić information content (AvgIpc) is 3.05. The molecule has 134 valence electrons. The average molecular weight is 356 g/mol. The van der Waals surface area contributed by atoms with Gasteiger partial charge in [0, 0.05) is 20.2 Å². The Kier molecular flexibility index (Phi) is 6.06. The number of hydrogen-bond acceptors (Lipinski definition) is 5. The zero-order valence-corrected chi connectivity index (χ0v) is 15.0. The highest BCUT2D eigenvalue weighted by atomic mass is 32.2. The van der Waals surface area contributed by atoms with Crippen LogP contribution in [0.1, 0.15) is 19.8 Å². The van der Waals surface area contributed by atoms with Crippen LogP contribution in [0, 0.1) is 0 Å². The molecule has 0 aliphatic carbocycles. The minimum atomic E-state index is -3.30. The van der Waals surface area contributed by atoms with E-state index in [1.165, 1.54) is 11.4 Å². The Hall–Kier alpha value is -1.80. The normalized spacial score (nSPS) is 18.9. The summed E-state index contributed by atoms with van der Waals surface area (Å²) >= 11 is 0. The van der Waals surface area contributed by atoms with E-state index in [-0.39, 0.29) is 12.0 Å². The third-order valence-corrected chi connectivity index (χ3v) is 5.11. The van der Waals surface area contributed by atoms with Crippen molar-refractivity contribution in [1.82, 2.24) is 5.32 Å². The number of amides is 1. The van der Waals surface area contributed by atoms with Crippen LogP contribution in [0.2, 0.25) is 0 Å². The van der Waals surface area contributed by atoms with Crippen molar-refractivity contribution in [2.24, 2.45) is 0 Å². The lowest BCUT2D eigenvalue weighted by Gasteiger charge is -2.19. The second-order valence-corrected chi connectivity index (χ2v) is 7.88. The van der Waals surface area contributed by atoms with Crippen LogP contribution < -0.4 is 14.4 Å². The Morgan fingerprint density at radius 1 is 1.42 bits per heavy atom. The number of anilines is 1. The number of ether oxygens (including phenoxy) is 2. The summed E-state index contributed by atoms with van der Waals surface area (Å²) < 4.78 is 35.2. The first-order chi connectivity index (χ1) is 11.3. The van der Waals surface area contributed by atoms with Crippen molar-refractivity contribution in [2.75, 3.05) is 30.8 Å². The van der Waals surface area contributed by atoms with Gasteiger partial charge in [0.15, 0.2) is 6.10 Å². The molecule has 7 nitrogen and oxygen atoms in total. The highest BCUT2D eigenvalue weighted by Gasteiger charge is 2.20. The number of sulfonamides is 1. The summed E-state index contributed by atoms with van der Waals surface area (Å²) in [5.74, 6) is 0.295. The van der Waals surface area contributed by atoms with E-state index < -0.39 is 16.1 Å². The predicted molar refractivity (Wildman–Crippen MR) is 91.8 cm³/mol. The van der Waals surface area contributed by atoms with Crippen LogP contribution in [0.4, 0.5) is 5.69 Å². The summed E-state index contributed by atoms with van der Waals surface area (Å²) in [4.78, 5) is 12.0. The molecule has 2 unspecified atom stereocenters. The summed E-state index contributed by atoms with van der Waals surface area (Å²) in [5, 5.41) is 2.82. The molecule has 2 rings (SSSR count). The first-order valence-corrected chi connectivity index (χ1v) is 9.72. The van der Waals surface area contributed by atoms with Crippen molar-refractivity contribution in [3.05, 3.63) is 24.3 Å². The zero-order chi connectivity index (χ0) is 17.7. The van der Waals surface area contributed by atoms with E-state index in [1.807, 2.05) is 0 Å². The minimum Gasteiger partial charge on any atom is -0.481 e. The Labute approximate surface area is 143 Å². The van der Waals surface area contributed by atoms with Gasteiger partial charge in [0.1, 0.15) is 5.75 Å². The number of carbonyl (C=O) groups excluding carboxylic acids is 1. The van der Waals surface area contributed by atoms with Crippen LogP contribution in [0.25, 0.3) is 0 Å². The van der Waals surface area contributed by atoms with E-state index in [1.54, 1.807) is 31.2 Å². The first kappa shape index (κ1) is 18.5. The summed E-state index contributed by atoms with van der Waals surface area (Å²) in [6.45, 7) is 2.91. The van der Waals surface area contributed by atoms with Gasteiger partial charge in [-0.25, -0.2) is 8.42 Å². The molecule has 1 saturated heterocycles. The van der Waals surface area contributed by atoms with Gasteiger partial charge < -0.3 is 14.8 Å². The van der Waals surface area contributed by atoms with Gasteiger partial charge in [-0.05, 0) is 44.0 Å². The Morgan fingerprint density at radius 3 is 2.62 bits per heavy atom. The summed E-state index contributed by atoms with van der Waals surface area (Å²) in [5.41, 5.74) is 0.528. The maximum atomic E-state index is 12.0. The lowest BCUT2D eigenvalue weighted by atomic mass is 10.2. The molecule has 0 bridgehead atoms. The molecule has 24 heavy (non-hydrogen) atoms. The highest BCUT2D eigenvalue weighted by Crippen LogP contribution is 2.21. The van der Waals surface area contributed by atoms with Crippen molar-refractivity contribution >= 4 is 21.6 Å². The molecule has 1 aromatic rings. The lowest BCUT2D eigenvalue weighted by Crippen LogP contribution is -2.40. The quantitative estimate of drug-likeness (QED) is 0.792. The molecule has 1 aliphatic heterocycles. The van der Waals surface area contributed by atoms with Gasteiger partial charge >= 0.3 is 0 Å². The van der Waals surface area contributed by atoms with E-state index in [0.29, 0.717) is 18.0 Å². The van der Waals surface area contributed by atoms with Crippen molar-refractivity contribution in [2.45, 2.75) is 32.0 Å². The SMILES string of the molecule is CC(Oc1ccc(N(C)S(C)(=O)=O)cc1)C(=O)NCC1CCCO1. The molecule has 8 heteroatoms. The maximum absolute atomic E-state index is 12.0. The number of rotatable bonds is 7. The van der Waals surface area contributed by atoms with Gasteiger partial charge in [-0.3, -0.25) is 9.10 Å². The molecule has 1 heterocycles. The van der Waals surface area contributed by atoms with Gasteiger partial charge in [-0.1, -0.05) is 0 Å². The van der Waals surface area contributed by atoms with Crippen LogP contribution in [0.3, 0.4) is 0 Å². The summed E-state index contributed by atoms with van der Waals surface area (Å²) in [6, 6.07) is 6.54. The van der Waals surface area contributed by atoms with Gasteiger partial charge in [0.05, 0.1) is 18.0 Å². The van der Waals surface area contributed by atoms with Crippen LogP contribution >= 0.6 is 0 Å². The van der Waals surface area contributed by atoms with Crippen molar-refractivity contribution in [3.8, 4) is 5.75 Å². The molecule has 0 saturated carbocycles. The third kappa shape index (κ3) is 5.10. The van der Waals surface area contributed by atoms with Gasteiger partial charge in [0.2, 0.25) is 10.0 Å². The predicted octanol–water partition coefficient (Wildman–Crippen LogP) is 1.14. The summed E-state index contributed by atoms with van der Waals surface area (Å²) in [6.07, 6.45) is 2.57. The maximum Gasteiger partial charge on any atom is 0.260 e. The standard InChI is InChI=1S/C16H24N2O5S/c1-12(16(19)17-11-15-5-4-10-22-15)23-14-8-6-13(7-9-14)18(2)24(3,20)21/h6-9,12,15H,4-5,10-11H2,1-3H3,(H,17,19). The molecular weight excluding hydrogens is 332 g/mol. The second kappa shape index (κ2) is 7.85. The molecule has 0 radical (unpaired) electrons. The smallest absolute Gasteiger partial charge is 0.260 e. The van der Waals surface area contributed by atoms with Gasteiger partial charge in [-0.15, -0.1) is 0 Å². The fourth-order valence-electron chi connectivity index (χ4n) is 2.35. The molecule has 1 aromatic carbocycles. The molecular formula is C16H24N2O5S. The van der Waals surface area contributed by atoms with Crippen LogP contribution in [0.5, 0.6) is 5.75 Å². The van der Waals surface area contributed by atoms with E-state index in [2.05, 4.69) is 5.32 Å². The third-order valence-electron chi connectivity index (χ3n) is 3.91. The Bertz CT molecular complexity index is 654. The van der Waals surface area contributed by atoms with E-state index in [9.17, 15) is 13.2 Å². The monoisotopic (exact) mass is 356 g/mol. The van der Waals surface area contributed by atoms with Crippen molar-refractivity contribution in [3.63, 3.8) is 0 Å². The topological polar surface area (TPSA) is 84.9 Å². The molecule has 1 aliphatic rings. The molecule has 0 spiro atoms. The first-order valence-electron chi connectivity index (χ1n) is 7.87. The van der Waals surface area contributed by atoms with E-state index in [0.717, 1.165) is 25.7 Å². The van der Waals surface area contributed by atoms with E-state index >= 15 is 0 Å². The number of hydrogen-bond donors (Lipinski definition) is 1. The second-order valence-electron chi connectivity index (χ2n) is 5.86. The van der Waals surface area contributed by atoms with Crippen LogP contribution in [-0.2, 0) is 19.6 Å². The fraction of sp³-hybridized carbons (Fsp3) is 0.562. The van der Waals surface area contributed by atoms with Crippen molar-refractivity contribution in [1.29, 1.82) is 0 Å². The zero-order valence-electron chi connectivity index (χ0n) is 14.2. The number of benzene rings is 1. The number of carbonyl (C=O) groups is 1. The molecule has 1 amide bonds. The minimum absolute atomic E-state index is 0.0898. The fourth-order valence-corrected chi connectivity index (χ4v) is 2.85. The Morgan fingerprint density at radius 2 is 2.08 bits per heavy atom. The number of nitrogens with zero attached hydrogens (tertiary/aromatic N) is 1. The molecule has 1 fully saturated rings. The van der Waals surface area contributed by atoms with Crippen LogP contribution in [0.15, 0.2) is 24.3 Å². The summed E-state index contributed by atoms with van der Waals surface area (Å²) in [7, 11) is -1.83. The van der Waals surface area contributed by atoms with Crippen molar-refractivity contribution < 1.29 is 22.7 Å². The molecule has 1 N–H and O–H groups in total. The molecule has 0 aromatic heterocycles.